The molecule has 30 heavy (non-hydrogen) atoms. The number of aromatic nitrogens is 1. The van der Waals surface area contributed by atoms with E-state index in [2.05, 4.69) is 4.98 Å². The molecule has 0 spiro atoms. The Morgan fingerprint density at radius 1 is 1.00 bits per heavy atom. The molecule has 7 nitrogen and oxygen atoms in total. The van der Waals surface area contributed by atoms with E-state index in [4.69, 9.17) is 14.2 Å². The lowest BCUT2D eigenvalue weighted by Gasteiger charge is -2.13. The van der Waals surface area contributed by atoms with Crippen molar-refractivity contribution in [1.29, 1.82) is 0 Å². The van der Waals surface area contributed by atoms with Gasteiger partial charge in [-0.15, -0.1) is 0 Å². The molecule has 7 heteroatoms. The number of hydrogen-bond acceptors (Lipinski definition) is 6. The van der Waals surface area contributed by atoms with E-state index in [1.165, 1.54) is 25.5 Å². The van der Waals surface area contributed by atoms with E-state index in [-0.39, 0.29) is 24.5 Å². The third kappa shape index (κ3) is 5.51. The van der Waals surface area contributed by atoms with Crippen molar-refractivity contribution in [3.05, 3.63) is 89.9 Å². The summed E-state index contributed by atoms with van der Waals surface area (Å²) in [6, 6.07) is 17.1. The summed E-state index contributed by atoms with van der Waals surface area (Å²) in [5, 5.41) is 19.4. The van der Waals surface area contributed by atoms with Gasteiger partial charge in [-0.2, -0.15) is 0 Å². The van der Waals surface area contributed by atoms with Crippen molar-refractivity contribution < 1.29 is 29.2 Å². The summed E-state index contributed by atoms with van der Waals surface area (Å²) >= 11 is 0. The predicted octanol–water partition coefficient (Wildman–Crippen LogP) is 4.02. The fourth-order valence-corrected chi connectivity index (χ4v) is 2.78. The first kappa shape index (κ1) is 20.7. The van der Waals surface area contributed by atoms with E-state index in [9.17, 15) is 15.0 Å². The molecule has 3 rings (SSSR count). The normalized spacial score (nSPS) is 11.0. The van der Waals surface area contributed by atoms with Gasteiger partial charge in [0.2, 0.25) is 0 Å². The summed E-state index contributed by atoms with van der Waals surface area (Å²) < 4.78 is 16.4. The maximum absolute atomic E-state index is 11.6. The molecule has 0 amide bonds. The summed E-state index contributed by atoms with van der Waals surface area (Å²) in [5.41, 5.74) is 1.91. The topological polar surface area (TPSA) is 98.1 Å². The predicted molar refractivity (Wildman–Crippen MR) is 110 cm³/mol. The number of phenols is 1. The van der Waals surface area contributed by atoms with Gasteiger partial charge in [0.15, 0.2) is 0 Å². The summed E-state index contributed by atoms with van der Waals surface area (Å²) in [5.74, 6) is -0.308. The Hall–Kier alpha value is -4.00. The number of aromatic hydroxyl groups is 1. The van der Waals surface area contributed by atoms with Crippen molar-refractivity contribution in [3.63, 3.8) is 0 Å². The van der Waals surface area contributed by atoms with E-state index >= 15 is 0 Å². The fourth-order valence-electron chi connectivity index (χ4n) is 2.78. The lowest BCUT2D eigenvalue weighted by atomic mass is 10.0. The van der Waals surface area contributed by atoms with Gasteiger partial charge >= 0.3 is 5.97 Å². The van der Waals surface area contributed by atoms with Crippen LogP contribution in [-0.2, 0) is 22.7 Å². The minimum Gasteiger partial charge on any atom is -0.508 e. The molecule has 154 valence electrons. The number of methoxy groups -OCH3 is 1. The van der Waals surface area contributed by atoms with Crippen molar-refractivity contribution in [2.45, 2.75) is 13.2 Å². The molecule has 2 N–H and O–H groups in total. The molecule has 0 bridgehead atoms. The second kappa shape index (κ2) is 9.97. The van der Waals surface area contributed by atoms with Crippen LogP contribution in [0.4, 0.5) is 0 Å². The molecule has 0 aliphatic rings. The molecule has 0 saturated carbocycles. The van der Waals surface area contributed by atoms with E-state index in [0.29, 0.717) is 22.6 Å². The molecule has 1 aromatic heterocycles. The SMILES string of the molecule is COC=C(C(=O)O)c1ccccc1COc1cc(O)cc(OCc2ccccn2)c1. The molecular weight excluding hydrogens is 386 g/mol. The minimum absolute atomic E-state index is 0.0118. The highest BCUT2D eigenvalue weighted by molar-refractivity contribution is 6.15. The number of phenolic OH excluding ortho intramolecular Hbond substituents is 1. The summed E-state index contributed by atoms with van der Waals surface area (Å²) in [6.07, 6.45) is 2.86. The number of rotatable bonds is 9. The lowest BCUT2D eigenvalue weighted by molar-refractivity contribution is -0.130. The monoisotopic (exact) mass is 407 g/mol. The number of ether oxygens (including phenoxy) is 3. The number of carboxylic acids is 1. The van der Waals surface area contributed by atoms with Gasteiger partial charge in [-0.3, -0.25) is 4.98 Å². The Morgan fingerprint density at radius 3 is 2.37 bits per heavy atom. The van der Waals surface area contributed by atoms with E-state index in [1.54, 1.807) is 36.5 Å². The lowest BCUT2D eigenvalue weighted by Crippen LogP contribution is -2.06. The smallest absolute Gasteiger partial charge is 0.339 e. The van der Waals surface area contributed by atoms with Crippen molar-refractivity contribution in [2.24, 2.45) is 0 Å². The number of aliphatic carboxylic acids is 1. The molecule has 0 fully saturated rings. The third-order valence-corrected chi connectivity index (χ3v) is 4.15. The summed E-state index contributed by atoms with van der Waals surface area (Å²) in [4.78, 5) is 15.7. The van der Waals surface area contributed by atoms with Crippen LogP contribution < -0.4 is 9.47 Å². The number of carbonyl (C=O) groups is 1. The van der Waals surface area contributed by atoms with Crippen LogP contribution in [0.15, 0.2) is 73.1 Å². The third-order valence-electron chi connectivity index (χ3n) is 4.15. The van der Waals surface area contributed by atoms with Crippen molar-refractivity contribution in [2.75, 3.05) is 7.11 Å². The van der Waals surface area contributed by atoms with Crippen LogP contribution in [0.25, 0.3) is 5.57 Å². The molecule has 2 aromatic carbocycles. The second-order valence-corrected chi connectivity index (χ2v) is 6.29. The Morgan fingerprint density at radius 2 is 1.70 bits per heavy atom. The molecule has 1 heterocycles. The number of nitrogens with zero attached hydrogens (tertiary/aromatic N) is 1. The fraction of sp³-hybridized carbons (Fsp3) is 0.130. The van der Waals surface area contributed by atoms with Gasteiger partial charge in [-0.1, -0.05) is 30.3 Å². The Bertz CT molecular complexity index is 1030. The zero-order valence-electron chi connectivity index (χ0n) is 16.3. The van der Waals surface area contributed by atoms with Crippen LogP contribution in [-0.4, -0.2) is 28.3 Å². The first-order chi connectivity index (χ1) is 14.6. The van der Waals surface area contributed by atoms with Gasteiger partial charge in [0.05, 0.1) is 19.1 Å². The summed E-state index contributed by atoms with van der Waals surface area (Å²) in [6.45, 7) is 0.337. The molecule has 0 aliphatic heterocycles. The Kier molecular flexibility index (Phi) is 6.89. The standard InChI is InChI=1S/C23H21NO6/c1-28-15-22(23(26)27)21-8-3-2-6-16(21)13-29-19-10-18(25)11-20(12-19)30-14-17-7-4-5-9-24-17/h2-12,15,25H,13-14H2,1H3,(H,26,27). The molecule has 0 unspecified atom stereocenters. The van der Waals surface area contributed by atoms with Crippen LogP contribution in [0.2, 0.25) is 0 Å². The first-order valence-corrected chi connectivity index (χ1v) is 9.11. The van der Waals surface area contributed by atoms with Gasteiger partial charge in [-0.05, 0) is 23.3 Å². The van der Waals surface area contributed by atoms with Gasteiger partial charge in [0.25, 0.3) is 0 Å². The maximum atomic E-state index is 11.6. The highest BCUT2D eigenvalue weighted by Crippen LogP contribution is 2.29. The van der Waals surface area contributed by atoms with Crippen molar-refractivity contribution in [1.82, 2.24) is 4.98 Å². The van der Waals surface area contributed by atoms with E-state index in [0.717, 1.165) is 5.69 Å². The average Bonchev–Trinajstić information content (AvgIpc) is 2.75. The minimum atomic E-state index is -1.10. The molecule has 0 radical (unpaired) electrons. The van der Waals surface area contributed by atoms with Gasteiger partial charge in [-0.25, -0.2) is 4.79 Å². The molecule has 0 saturated heterocycles. The zero-order chi connectivity index (χ0) is 21.3. The van der Waals surface area contributed by atoms with Gasteiger partial charge in [0.1, 0.15) is 36.0 Å². The van der Waals surface area contributed by atoms with Gasteiger partial charge in [0, 0.05) is 24.4 Å². The van der Waals surface area contributed by atoms with Crippen LogP contribution >= 0.6 is 0 Å². The van der Waals surface area contributed by atoms with Crippen molar-refractivity contribution in [3.8, 4) is 17.2 Å². The highest BCUT2D eigenvalue weighted by Gasteiger charge is 2.15. The van der Waals surface area contributed by atoms with Crippen LogP contribution in [0.5, 0.6) is 17.2 Å². The molecule has 0 aliphatic carbocycles. The summed E-state index contributed by atoms with van der Waals surface area (Å²) in [7, 11) is 1.39. The van der Waals surface area contributed by atoms with E-state index in [1.807, 2.05) is 18.2 Å². The average molecular weight is 407 g/mol. The maximum Gasteiger partial charge on any atom is 0.339 e. The number of carboxylic acid groups (broad SMARTS) is 1. The zero-order valence-corrected chi connectivity index (χ0v) is 16.3. The van der Waals surface area contributed by atoms with E-state index < -0.39 is 5.97 Å². The number of pyridine rings is 1. The van der Waals surface area contributed by atoms with Crippen LogP contribution in [0.3, 0.4) is 0 Å². The van der Waals surface area contributed by atoms with Crippen LogP contribution in [0, 0.1) is 0 Å². The molecule has 0 atom stereocenters. The Labute approximate surface area is 173 Å². The largest absolute Gasteiger partial charge is 0.508 e. The second-order valence-electron chi connectivity index (χ2n) is 6.29. The molecular formula is C23H21NO6. The van der Waals surface area contributed by atoms with Crippen LogP contribution in [0.1, 0.15) is 16.8 Å². The number of benzene rings is 2. The number of hydrogen-bond donors (Lipinski definition) is 2. The first-order valence-electron chi connectivity index (χ1n) is 9.11. The van der Waals surface area contributed by atoms with Gasteiger partial charge < -0.3 is 24.4 Å². The highest BCUT2D eigenvalue weighted by atomic mass is 16.5. The van der Waals surface area contributed by atoms with Crippen molar-refractivity contribution >= 4 is 11.5 Å². The quantitative estimate of drug-likeness (QED) is 0.408. The Balaban J connectivity index is 1.74. The molecule has 3 aromatic rings.